The Morgan fingerprint density at radius 1 is 1.33 bits per heavy atom. The van der Waals surface area contributed by atoms with Crippen molar-refractivity contribution in [1.82, 2.24) is 0 Å². The highest BCUT2D eigenvalue weighted by atomic mass is 32.2. The third-order valence-electron chi connectivity index (χ3n) is 1.09. The average molecular weight is 189 g/mol. The van der Waals surface area contributed by atoms with Gasteiger partial charge in [0, 0.05) is 6.07 Å². The number of phenolic OH excluding ortho intramolecular Hbond substituents is 1. The summed E-state index contributed by atoms with van der Waals surface area (Å²) >= 11 is 0. The number of nitrogens with one attached hydrogen (secondary N) is 1. The maximum Gasteiger partial charge on any atom is 0.357 e. The number of rotatable bonds is 2. The molecular formula is C6H7NO4S. The van der Waals surface area contributed by atoms with Gasteiger partial charge in [-0.05, 0) is 12.1 Å². The van der Waals surface area contributed by atoms with Gasteiger partial charge in [-0.1, -0.05) is 6.07 Å². The minimum Gasteiger partial charge on any atom is -0.508 e. The molecule has 0 heterocycles. The van der Waals surface area contributed by atoms with Crippen LogP contribution in [0.5, 0.6) is 5.75 Å². The van der Waals surface area contributed by atoms with Crippen molar-refractivity contribution in [3.8, 4) is 5.75 Å². The standard InChI is InChI=1S/C6H7NO4S/c8-6-3-1-2-5(4-6)7-12(9,10)11/h1-4,7-8H,(H,9,10,11). The summed E-state index contributed by atoms with van der Waals surface area (Å²) in [7, 11) is -4.26. The number of anilines is 1. The molecule has 0 saturated heterocycles. The zero-order chi connectivity index (χ0) is 9.19. The molecule has 0 spiro atoms. The van der Waals surface area contributed by atoms with Crippen LogP contribution in [0.2, 0.25) is 0 Å². The first-order chi connectivity index (χ1) is 5.47. The van der Waals surface area contributed by atoms with Crippen molar-refractivity contribution < 1.29 is 18.1 Å². The monoisotopic (exact) mass is 189 g/mol. The minimum atomic E-state index is -4.26. The van der Waals surface area contributed by atoms with Crippen LogP contribution in [0.25, 0.3) is 0 Å². The summed E-state index contributed by atoms with van der Waals surface area (Å²) in [6, 6.07) is 5.40. The molecule has 6 heteroatoms. The fraction of sp³-hybridized carbons (Fsp3) is 0. The second-order valence-electron chi connectivity index (χ2n) is 2.13. The molecule has 0 bridgehead atoms. The number of benzene rings is 1. The molecule has 3 N–H and O–H groups in total. The SMILES string of the molecule is O=S(=O)(O)Nc1cccc(O)c1. The van der Waals surface area contributed by atoms with Crippen LogP contribution < -0.4 is 4.72 Å². The molecule has 0 aliphatic rings. The van der Waals surface area contributed by atoms with E-state index in [0.29, 0.717) is 0 Å². The minimum absolute atomic E-state index is 0.0800. The van der Waals surface area contributed by atoms with Crippen LogP contribution in [-0.2, 0) is 10.3 Å². The van der Waals surface area contributed by atoms with Gasteiger partial charge in [-0.2, -0.15) is 8.42 Å². The predicted octanol–water partition coefficient (Wildman–Crippen LogP) is 0.607. The Kier molecular flexibility index (Phi) is 2.20. The van der Waals surface area contributed by atoms with Crippen molar-refractivity contribution in [2.75, 3.05) is 4.72 Å². The highest BCUT2D eigenvalue weighted by Gasteiger charge is 2.02. The Balaban J connectivity index is 2.91. The number of aromatic hydroxyl groups is 1. The topological polar surface area (TPSA) is 86.6 Å². The van der Waals surface area contributed by atoms with E-state index < -0.39 is 10.3 Å². The van der Waals surface area contributed by atoms with Crippen LogP contribution in [0.4, 0.5) is 5.69 Å². The third-order valence-corrected chi connectivity index (χ3v) is 1.59. The average Bonchev–Trinajstić information content (AvgIpc) is 1.82. The molecule has 0 aromatic heterocycles. The van der Waals surface area contributed by atoms with Crippen LogP contribution in [0.15, 0.2) is 24.3 Å². The second-order valence-corrected chi connectivity index (χ2v) is 3.28. The Morgan fingerprint density at radius 2 is 2.00 bits per heavy atom. The molecule has 0 unspecified atom stereocenters. The maximum absolute atomic E-state index is 10.3. The summed E-state index contributed by atoms with van der Waals surface area (Å²) in [5.74, 6) is -0.0800. The first-order valence-corrected chi connectivity index (χ1v) is 4.46. The smallest absolute Gasteiger partial charge is 0.357 e. The molecule has 12 heavy (non-hydrogen) atoms. The number of phenols is 1. The predicted molar refractivity (Wildman–Crippen MR) is 43.3 cm³/mol. The van der Waals surface area contributed by atoms with Crippen LogP contribution in [0.1, 0.15) is 0 Å². The van der Waals surface area contributed by atoms with E-state index in [1.807, 2.05) is 0 Å². The summed E-state index contributed by atoms with van der Waals surface area (Å²) in [4.78, 5) is 0. The lowest BCUT2D eigenvalue weighted by molar-refractivity contribution is 0.475. The number of hydrogen-bond acceptors (Lipinski definition) is 3. The molecule has 66 valence electrons. The summed E-state index contributed by atoms with van der Waals surface area (Å²) in [6.07, 6.45) is 0. The summed E-state index contributed by atoms with van der Waals surface area (Å²) in [5, 5.41) is 8.89. The molecule has 0 fully saturated rings. The molecule has 0 aliphatic carbocycles. The molecule has 5 nitrogen and oxygen atoms in total. The Labute approximate surface area is 69.5 Å². The van der Waals surface area contributed by atoms with E-state index in [-0.39, 0.29) is 11.4 Å². The van der Waals surface area contributed by atoms with Crippen LogP contribution in [-0.4, -0.2) is 18.1 Å². The van der Waals surface area contributed by atoms with E-state index in [1.54, 1.807) is 4.72 Å². The van der Waals surface area contributed by atoms with Gasteiger partial charge in [-0.25, -0.2) is 0 Å². The largest absolute Gasteiger partial charge is 0.508 e. The summed E-state index contributed by atoms with van der Waals surface area (Å²) < 4.78 is 30.7. The fourth-order valence-corrected chi connectivity index (χ4v) is 1.14. The first-order valence-electron chi connectivity index (χ1n) is 3.02. The van der Waals surface area contributed by atoms with Gasteiger partial charge >= 0.3 is 10.3 Å². The van der Waals surface area contributed by atoms with E-state index in [1.165, 1.54) is 24.3 Å². The Morgan fingerprint density at radius 3 is 2.50 bits per heavy atom. The zero-order valence-corrected chi connectivity index (χ0v) is 6.75. The van der Waals surface area contributed by atoms with Crippen molar-refractivity contribution in [2.45, 2.75) is 0 Å². The van der Waals surface area contributed by atoms with E-state index in [0.717, 1.165) is 0 Å². The molecule has 0 amide bonds. The summed E-state index contributed by atoms with van der Waals surface area (Å²) in [5.41, 5.74) is 0.109. The van der Waals surface area contributed by atoms with Gasteiger partial charge < -0.3 is 5.11 Å². The highest BCUT2D eigenvalue weighted by Crippen LogP contribution is 2.15. The lowest BCUT2D eigenvalue weighted by Crippen LogP contribution is -2.09. The lowest BCUT2D eigenvalue weighted by atomic mass is 10.3. The summed E-state index contributed by atoms with van der Waals surface area (Å²) in [6.45, 7) is 0. The molecule has 0 radical (unpaired) electrons. The van der Waals surface area contributed by atoms with Crippen molar-refractivity contribution in [3.05, 3.63) is 24.3 Å². The van der Waals surface area contributed by atoms with E-state index >= 15 is 0 Å². The molecule has 0 aliphatic heterocycles. The highest BCUT2D eigenvalue weighted by molar-refractivity contribution is 7.87. The maximum atomic E-state index is 10.3. The van der Waals surface area contributed by atoms with Crippen molar-refractivity contribution in [1.29, 1.82) is 0 Å². The van der Waals surface area contributed by atoms with E-state index in [2.05, 4.69) is 0 Å². The van der Waals surface area contributed by atoms with Gasteiger partial charge in [0.25, 0.3) is 0 Å². The fourth-order valence-electron chi connectivity index (χ4n) is 0.718. The zero-order valence-electron chi connectivity index (χ0n) is 5.93. The second kappa shape index (κ2) is 3.00. The van der Waals surface area contributed by atoms with Gasteiger partial charge in [0.15, 0.2) is 0 Å². The molecule has 0 saturated carbocycles. The van der Waals surface area contributed by atoms with E-state index in [9.17, 15) is 8.42 Å². The lowest BCUT2D eigenvalue weighted by Gasteiger charge is -2.01. The van der Waals surface area contributed by atoms with Crippen LogP contribution >= 0.6 is 0 Å². The van der Waals surface area contributed by atoms with Gasteiger partial charge in [0.2, 0.25) is 0 Å². The Bertz CT molecular complexity index is 373. The molecular weight excluding hydrogens is 182 g/mol. The molecule has 1 aromatic rings. The number of hydrogen-bond donors (Lipinski definition) is 3. The quantitative estimate of drug-likeness (QED) is 0.595. The van der Waals surface area contributed by atoms with Gasteiger partial charge in [-0.3, -0.25) is 9.27 Å². The van der Waals surface area contributed by atoms with Crippen molar-refractivity contribution >= 4 is 16.0 Å². The van der Waals surface area contributed by atoms with E-state index in [4.69, 9.17) is 9.66 Å². The van der Waals surface area contributed by atoms with Gasteiger partial charge in [-0.15, -0.1) is 0 Å². The molecule has 1 rings (SSSR count). The third kappa shape index (κ3) is 2.77. The first kappa shape index (κ1) is 8.82. The van der Waals surface area contributed by atoms with Gasteiger partial charge in [0.1, 0.15) is 5.75 Å². The van der Waals surface area contributed by atoms with Crippen LogP contribution in [0.3, 0.4) is 0 Å². The molecule has 1 aromatic carbocycles. The van der Waals surface area contributed by atoms with Crippen LogP contribution in [0, 0.1) is 0 Å². The normalized spacial score (nSPS) is 11.1. The Hall–Kier alpha value is -1.27. The van der Waals surface area contributed by atoms with Crippen molar-refractivity contribution in [2.24, 2.45) is 0 Å². The molecule has 0 atom stereocenters. The van der Waals surface area contributed by atoms with Gasteiger partial charge in [0.05, 0.1) is 5.69 Å². The van der Waals surface area contributed by atoms with Crippen molar-refractivity contribution in [3.63, 3.8) is 0 Å².